The number of hydrogen-bond donors (Lipinski definition) is 2. The molecule has 6 heteroatoms. The number of fused-ring (bicyclic) bond motifs is 1. The zero-order valence-electron chi connectivity index (χ0n) is 20.5. The van der Waals surface area contributed by atoms with E-state index in [1.807, 2.05) is 36.5 Å². The van der Waals surface area contributed by atoms with Gasteiger partial charge in [-0.05, 0) is 67.6 Å². The molecule has 6 rings (SSSR count). The molecule has 184 valence electrons. The summed E-state index contributed by atoms with van der Waals surface area (Å²) in [5.41, 5.74) is 7.23. The average Bonchev–Trinajstić information content (AvgIpc) is 3.66. The second-order valence-electron chi connectivity index (χ2n) is 10.2. The summed E-state index contributed by atoms with van der Waals surface area (Å²) in [7, 11) is 0. The molecule has 3 aliphatic rings. The number of aromatic nitrogens is 2. The van der Waals surface area contributed by atoms with Gasteiger partial charge in [0.25, 0.3) is 0 Å². The predicted octanol–water partition coefficient (Wildman–Crippen LogP) is 5.99. The standard InChI is InChI=1S/C30H32N4O2/c35-30(36-19-20-7-2-1-3-8-20)33-24-11-6-10-23(17-24)32-29-31-18-27(22-13-14-22)28(34-29)26-16-15-21-9-4-5-12-25(21)26/h1-5,7-9,12,16,18,22-24H,6,10-11,13-15,17,19H2,(H,33,35)(H,31,32,34)/t23-,24+/m1/s1. The molecule has 0 spiro atoms. The van der Waals surface area contributed by atoms with Crippen LogP contribution in [0.1, 0.15) is 72.4 Å². The predicted molar refractivity (Wildman–Crippen MR) is 141 cm³/mol. The van der Waals surface area contributed by atoms with Gasteiger partial charge < -0.3 is 15.4 Å². The van der Waals surface area contributed by atoms with Crippen molar-refractivity contribution >= 4 is 17.6 Å². The number of ether oxygens (including phenoxy) is 1. The molecule has 1 amide bonds. The van der Waals surface area contributed by atoms with Crippen molar-refractivity contribution in [3.63, 3.8) is 0 Å². The van der Waals surface area contributed by atoms with Gasteiger partial charge in [-0.25, -0.2) is 14.8 Å². The van der Waals surface area contributed by atoms with Crippen LogP contribution in [0.4, 0.5) is 10.7 Å². The SMILES string of the molecule is O=C(N[C@H]1CCC[C@@H](Nc2ncc(C3CC3)c(C3=CCc4ccccc43)n2)C1)OCc1ccccc1. The van der Waals surface area contributed by atoms with Gasteiger partial charge >= 0.3 is 6.09 Å². The Bertz CT molecular complexity index is 1270. The number of nitrogens with zero attached hydrogens (tertiary/aromatic N) is 2. The molecule has 3 aliphatic carbocycles. The van der Waals surface area contributed by atoms with Gasteiger partial charge in [0, 0.05) is 29.4 Å². The summed E-state index contributed by atoms with van der Waals surface area (Å²) in [6.07, 6.45) is 11.2. The summed E-state index contributed by atoms with van der Waals surface area (Å²) in [6, 6.07) is 18.7. The molecule has 1 heterocycles. The average molecular weight is 481 g/mol. The molecule has 3 aromatic rings. The van der Waals surface area contributed by atoms with Crippen molar-refractivity contribution in [2.45, 2.75) is 69.6 Å². The fourth-order valence-corrected chi connectivity index (χ4v) is 5.44. The summed E-state index contributed by atoms with van der Waals surface area (Å²) in [6.45, 7) is 0.282. The van der Waals surface area contributed by atoms with Crippen LogP contribution in [0.5, 0.6) is 0 Å². The van der Waals surface area contributed by atoms with Crippen LogP contribution in [0.3, 0.4) is 0 Å². The van der Waals surface area contributed by atoms with E-state index in [2.05, 4.69) is 41.0 Å². The molecule has 0 aliphatic heterocycles. The van der Waals surface area contributed by atoms with E-state index in [0.29, 0.717) is 11.9 Å². The molecular formula is C30H32N4O2. The normalized spacial score (nSPS) is 20.8. The lowest BCUT2D eigenvalue weighted by Crippen LogP contribution is -2.42. The van der Waals surface area contributed by atoms with Crippen LogP contribution in [-0.2, 0) is 17.8 Å². The lowest BCUT2D eigenvalue weighted by molar-refractivity contribution is 0.132. The molecule has 2 fully saturated rings. The van der Waals surface area contributed by atoms with E-state index in [1.165, 1.54) is 35.1 Å². The molecule has 0 saturated heterocycles. The number of alkyl carbamates (subject to hydrolysis) is 1. The maximum absolute atomic E-state index is 12.4. The first-order valence-electron chi connectivity index (χ1n) is 13.1. The molecule has 2 atom stereocenters. The van der Waals surface area contributed by atoms with Crippen LogP contribution in [0.15, 0.2) is 66.9 Å². The number of carbonyl (C=O) groups is 1. The third-order valence-electron chi connectivity index (χ3n) is 7.47. The van der Waals surface area contributed by atoms with Gasteiger partial charge in [0.2, 0.25) is 5.95 Å². The summed E-state index contributed by atoms with van der Waals surface area (Å²) < 4.78 is 5.43. The van der Waals surface area contributed by atoms with Crippen LogP contribution in [0.25, 0.3) is 5.57 Å². The lowest BCUT2D eigenvalue weighted by atomic mass is 9.91. The first-order chi connectivity index (χ1) is 17.7. The minimum Gasteiger partial charge on any atom is -0.445 e. The minimum absolute atomic E-state index is 0.0779. The topological polar surface area (TPSA) is 76.1 Å². The van der Waals surface area contributed by atoms with Crippen LogP contribution < -0.4 is 10.6 Å². The van der Waals surface area contributed by atoms with Gasteiger partial charge in [0.05, 0.1) is 5.69 Å². The molecular weight excluding hydrogens is 448 g/mol. The Hall–Kier alpha value is -3.67. The van der Waals surface area contributed by atoms with Crippen molar-refractivity contribution in [2.24, 2.45) is 0 Å². The van der Waals surface area contributed by atoms with E-state index in [9.17, 15) is 4.79 Å². The minimum atomic E-state index is -0.358. The maximum Gasteiger partial charge on any atom is 0.407 e. The third kappa shape index (κ3) is 5.13. The van der Waals surface area contributed by atoms with E-state index >= 15 is 0 Å². The van der Waals surface area contributed by atoms with Crippen molar-refractivity contribution in [3.8, 4) is 0 Å². The molecule has 36 heavy (non-hydrogen) atoms. The Balaban J connectivity index is 1.11. The quantitative estimate of drug-likeness (QED) is 0.434. The summed E-state index contributed by atoms with van der Waals surface area (Å²) in [4.78, 5) is 22.1. The number of rotatable bonds is 7. The molecule has 2 N–H and O–H groups in total. The van der Waals surface area contributed by atoms with Crippen LogP contribution in [0, 0.1) is 0 Å². The Morgan fingerprint density at radius 1 is 0.972 bits per heavy atom. The van der Waals surface area contributed by atoms with Gasteiger partial charge in [-0.15, -0.1) is 0 Å². The molecule has 6 nitrogen and oxygen atoms in total. The highest BCUT2D eigenvalue weighted by atomic mass is 16.5. The van der Waals surface area contributed by atoms with Crippen LogP contribution in [-0.4, -0.2) is 28.1 Å². The number of nitrogens with one attached hydrogen (secondary N) is 2. The van der Waals surface area contributed by atoms with Gasteiger partial charge in [0.1, 0.15) is 6.61 Å². The monoisotopic (exact) mass is 480 g/mol. The van der Waals surface area contributed by atoms with E-state index < -0.39 is 0 Å². The zero-order valence-corrected chi connectivity index (χ0v) is 20.5. The van der Waals surface area contributed by atoms with E-state index in [0.717, 1.165) is 43.4 Å². The number of hydrogen-bond acceptors (Lipinski definition) is 5. The van der Waals surface area contributed by atoms with Crippen molar-refractivity contribution in [3.05, 3.63) is 94.8 Å². The van der Waals surface area contributed by atoms with E-state index in [4.69, 9.17) is 14.7 Å². The number of anilines is 1. The largest absolute Gasteiger partial charge is 0.445 e. The third-order valence-corrected chi connectivity index (χ3v) is 7.47. The van der Waals surface area contributed by atoms with Crippen molar-refractivity contribution in [2.75, 3.05) is 5.32 Å². The van der Waals surface area contributed by atoms with Gasteiger partial charge in [-0.3, -0.25) is 0 Å². The smallest absolute Gasteiger partial charge is 0.407 e. The Labute approximate surface area is 212 Å². The molecule has 1 aromatic heterocycles. The molecule has 0 unspecified atom stereocenters. The highest BCUT2D eigenvalue weighted by molar-refractivity contribution is 5.84. The summed E-state index contributed by atoms with van der Waals surface area (Å²) in [5, 5.41) is 6.63. The number of benzene rings is 2. The van der Waals surface area contributed by atoms with Gasteiger partial charge in [-0.2, -0.15) is 0 Å². The molecule has 2 saturated carbocycles. The molecule has 2 aromatic carbocycles. The van der Waals surface area contributed by atoms with E-state index in [1.54, 1.807) is 0 Å². The van der Waals surface area contributed by atoms with Crippen LogP contribution in [0.2, 0.25) is 0 Å². The number of allylic oxidation sites excluding steroid dienone is 1. The fraction of sp³-hybridized carbons (Fsp3) is 0.367. The zero-order chi connectivity index (χ0) is 24.3. The van der Waals surface area contributed by atoms with Crippen molar-refractivity contribution in [1.29, 1.82) is 0 Å². The van der Waals surface area contributed by atoms with Crippen LogP contribution >= 0.6 is 0 Å². The van der Waals surface area contributed by atoms with Crippen molar-refractivity contribution < 1.29 is 9.53 Å². The first-order valence-corrected chi connectivity index (χ1v) is 13.1. The Morgan fingerprint density at radius 2 is 1.78 bits per heavy atom. The Morgan fingerprint density at radius 3 is 2.64 bits per heavy atom. The van der Waals surface area contributed by atoms with Crippen molar-refractivity contribution in [1.82, 2.24) is 15.3 Å². The maximum atomic E-state index is 12.4. The fourth-order valence-electron chi connectivity index (χ4n) is 5.44. The van der Waals surface area contributed by atoms with Gasteiger partial charge in [-0.1, -0.05) is 60.7 Å². The first kappa shape index (κ1) is 22.8. The Kier molecular flexibility index (Phi) is 6.41. The molecule has 0 radical (unpaired) electrons. The van der Waals surface area contributed by atoms with E-state index in [-0.39, 0.29) is 24.8 Å². The van der Waals surface area contributed by atoms with Gasteiger partial charge in [0.15, 0.2) is 0 Å². The number of amides is 1. The second kappa shape index (κ2) is 10.1. The lowest BCUT2D eigenvalue weighted by Gasteiger charge is -2.30. The molecule has 0 bridgehead atoms. The summed E-state index contributed by atoms with van der Waals surface area (Å²) in [5.74, 6) is 1.25. The summed E-state index contributed by atoms with van der Waals surface area (Å²) >= 11 is 0. The highest BCUT2D eigenvalue weighted by Crippen LogP contribution is 2.45. The second-order valence-corrected chi connectivity index (χ2v) is 10.2. The number of carbonyl (C=O) groups excluding carboxylic acids is 1. The highest BCUT2D eigenvalue weighted by Gasteiger charge is 2.31.